The first-order valence-corrected chi connectivity index (χ1v) is 6.02. The monoisotopic (exact) mass is 249 g/mol. The van der Waals surface area contributed by atoms with Crippen LogP contribution in [0.1, 0.15) is 6.92 Å². The van der Waals surface area contributed by atoms with Crippen LogP contribution in [0.15, 0.2) is 18.2 Å². The van der Waals surface area contributed by atoms with Crippen LogP contribution in [0.25, 0.3) is 0 Å². The van der Waals surface area contributed by atoms with E-state index in [9.17, 15) is 4.79 Å². The molecular formula is C13H19N3O2. The highest BCUT2D eigenvalue weighted by molar-refractivity contribution is 6.01. The quantitative estimate of drug-likeness (QED) is 0.810. The van der Waals surface area contributed by atoms with E-state index in [2.05, 4.69) is 0 Å². The van der Waals surface area contributed by atoms with Crippen molar-refractivity contribution in [2.75, 3.05) is 37.8 Å². The van der Waals surface area contributed by atoms with Crippen molar-refractivity contribution in [1.29, 1.82) is 0 Å². The zero-order valence-corrected chi connectivity index (χ0v) is 11.0. The van der Waals surface area contributed by atoms with E-state index < -0.39 is 6.10 Å². The summed E-state index contributed by atoms with van der Waals surface area (Å²) >= 11 is 0. The van der Waals surface area contributed by atoms with E-state index in [0.717, 1.165) is 12.2 Å². The largest absolute Gasteiger partial charge is 0.477 e. The van der Waals surface area contributed by atoms with E-state index in [1.165, 1.54) is 0 Å². The molecule has 0 saturated heterocycles. The number of hydrogen-bond donors (Lipinski definition) is 1. The van der Waals surface area contributed by atoms with Gasteiger partial charge in [0.15, 0.2) is 11.9 Å². The lowest BCUT2D eigenvalue weighted by atomic mass is 10.1. The Hall–Kier alpha value is -1.75. The van der Waals surface area contributed by atoms with Crippen LogP contribution in [0.5, 0.6) is 5.75 Å². The Balaban J connectivity index is 2.33. The predicted octanol–water partition coefficient (Wildman–Crippen LogP) is 0.944. The molecule has 18 heavy (non-hydrogen) atoms. The summed E-state index contributed by atoms with van der Waals surface area (Å²) in [5.41, 5.74) is 7.23. The Bertz CT molecular complexity index is 460. The van der Waals surface area contributed by atoms with Crippen LogP contribution >= 0.6 is 0 Å². The van der Waals surface area contributed by atoms with Crippen molar-refractivity contribution in [1.82, 2.24) is 4.90 Å². The number of rotatable bonds is 3. The normalized spacial score (nSPS) is 18.8. The molecule has 0 aliphatic carbocycles. The summed E-state index contributed by atoms with van der Waals surface area (Å²) in [6.45, 7) is 3.18. The number of benzene rings is 1. The van der Waals surface area contributed by atoms with E-state index in [1.807, 2.05) is 31.1 Å². The zero-order valence-electron chi connectivity index (χ0n) is 11.0. The van der Waals surface area contributed by atoms with Crippen LogP contribution in [-0.2, 0) is 4.79 Å². The average molecular weight is 249 g/mol. The Morgan fingerprint density at radius 3 is 2.83 bits per heavy atom. The summed E-state index contributed by atoms with van der Waals surface area (Å²) < 4.78 is 5.58. The van der Waals surface area contributed by atoms with Gasteiger partial charge in [-0.2, -0.15) is 0 Å². The molecule has 2 rings (SSSR count). The lowest BCUT2D eigenvalue weighted by Gasteiger charge is -2.34. The van der Waals surface area contributed by atoms with Crippen molar-refractivity contribution in [2.45, 2.75) is 13.0 Å². The summed E-state index contributed by atoms with van der Waals surface area (Å²) in [6, 6.07) is 5.49. The molecule has 98 valence electrons. The van der Waals surface area contributed by atoms with Crippen LogP contribution in [-0.4, -0.2) is 44.1 Å². The predicted molar refractivity (Wildman–Crippen MR) is 71.9 cm³/mol. The Labute approximate surface area is 107 Å². The molecule has 0 spiro atoms. The van der Waals surface area contributed by atoms with Crippen LogP contribution in [0.4, 0.5) is 11.4 Å². The molecule has 1 unspecified atom stereocenters. The molecule has 2 N–H and O–H groups in total. The lowest BCUT2D eigenvalue weighted by molar-refractivity contribution is -0.125. The maximum atomic E-state index is 12.2. The van der Waals surface area contributed by atoms with Gasteiger partial charge in [0, 0.05) is 13.1 Å². The number of hydrogen-bond acceptors (Lipinski definition) is 4. The highest BCUT2D eigenvalue weighted by Crippen LogP contribution is 2.38. The van der Waals surface area contributed by atoms with E-state index in [4.69, 9.17) is 10.5 Å². The first-order valence-electron chi connectivity index (χ1n) is 6.02. The molecule has 1 atom stereocenters. The fourth-order valence-corrected chi connectivity index (χ4v) is 1.98. The van der Waals surface area contributed by atoms with Crippen molar-refractivity contribution >= 4 is 17.3 Å². The van der Waals surface area contributed by atoms with Gasteiger partial charge in [0.2, 0.25) is 0 Å². The van der Waals surface area contributed by atoms with E-state index in [-0.39, 0.29) is 5.91 Å². The number of carbonyl (C=O) groups excluding carboxylic acids is 1. The van der Waals surface area contributed by atoms with Gasteiger partial charge in [-0.1, -0.05) is 6.07 Å². The number of nitrogen functional groups attached to an aromatic ring is 1. The second-order valence-corrected chi connectivity index (χ2v) is 4.75. The third kappa shape index (κ3) is 2.26. The van der Waals surface area contributed by atoms with Gasteiger partial charge in [0.25, 0.3) is 5.91 Å². The van der Waals surface area contributed by atoms with Crippen molar-refractivity contribution < 1.29 is 9.53 Å². The first kappa shape index (κ1) is 12.7. The molecule has 1 aliphatic rings. The van der Waals surface area contributed by atoms with Gasteiger partial charge in [0.05, 0.1) is 11.4 Å². The third-order valence-corrected chi connectivity index (χ3v) is 2.99. The van der Waals surface area contributed by atoms with Crippen molar-refractivity contribution in [3.05, 3.63) is 18.2 Å². The fourth-order valence-electron chi connectivity index (χ4n) is 1.98. The fraction of sp³-hybridized carbons (Fsp3) is 0.462. The molecule has 1 aliphatic heterocycles. The maximum Gasteiger partial charge on any atom is 0.267 e. The minimum absolute atomic E-state index is 0.0186. The summed E-state index contributed by atoms with van der Waals surface area (Å²) in [7, 11) is 3.96. The van der Waals surface area contributed by atoms with E-state index >= 15 is 0 Å². The summed E-state index contributed by atoms with van der Waals surface area (Å²) in [4.78, 5) is 15.9. The number of anilines is 2. The summed E-state index contributed by atoms with van der Waals surface area (Å²) in [6.07, 6.45) is -0.482. The number of amides is 1. The molecule has 1 heterocycles. The van der Waals surface area contributed by atoms with Crippen molar-refractivity contribution in [3.8, 4) is 5.75 Å². The number of fused-ring (bicyclic) bond motifs is 1. The molecule has 1 aromatic carbocycles. The molecular weight excluding hydrogens is 230 g/mol. The summed E-state index contributed by atoms with van der Waals surface area (Å²) in [5, 5.41) is 0. The van der Waals surface area contributed by atoms with Gasteiger partial charge in [-0.15, -0.1) is 0 Å². The average Bonchev–Trinajstić information content (AvgIpc) is 2.31. The number of nitrogens with two attached hydrogens (primary N) is 1. The van der Waals surface area contributed by atoms with Crippen LogP contribution < -0.4 is 15.4 Å². The highest BCUT2D eigenvalue weighted by atomic mass is 16.5. The Kier molecular flexibility index (Phi) is 3.43. The van der Waals surface area contributed by atoms with Gasteiger partial charge in [-0.25, -0.2) is 0 Å². The van der Waals surface area contributed by atoms with Crippen LogP contribution in [0.2, 0.25) is 0 Å². The minimum Gasteiger partial charge on any atom is -0.477 e. The molecule has 0 saturated carbocycles. The first-order chi connectivity index (χ1) is 8.50. The summed E-state index contributed by atoms with van der Waals surface area (Å²) in [5.74, 6) is 0.596. The lowest BCUT2D eigenvalue weighted by Crippen LogP contribution is -2.47. The zero-order chi connectivity index (χ0) is 13.3. The van der Waals surface area contributed by atoms with Crippen LogP contribution in [0.3, 0.4) is 0 Å². The molecule has 1 aromatic rings. The molecule has 0 bridgehead atoms. The van der Waals surface area contributed by atoms with Gasteiger partial charge in [0.1, 0.15) is 0 Å². The van der Waals surface area contributed by atoms with Crippen LogP contribution in [0, 0.1) is 0 Å². The smallest absolute Gasteiger partial charge is 0.267 e. The second-order valence-electron chi connectivity index (χ2n) is 4.75. The SMILES string of the molecule is CC1Oc2c(N)cccc2N(CCN(C)C)C1=O. The Morgan fingerprint density at radius 2 is 2.17 bits per heavy atom. The molecule has 0 fully saturated rings. The molecule has 0 aromatic heterocycles. The van der Waals surface area contributed by atoms with Crippen molar-refractivity contribution in [2.24, 2.45) is 0 Å². The van der Waals surface area contributed by atoms with Gasteiger partial charge in [-0.05, 0) is 33.2 Å². The number of nitrogens with zero attached hydrogens (tertiary/aromatic N) is 2. The van der Waals surface area contributed by atoms with Gasteiger partial charge in [-0.3, -0.25) is 4.79 Å². The number of para-hydroxylation sites is 1. The maximum absolute atomic E-state index is 12.2. The minimum atomic E-state index is -0.482. The van der Waals surface area contributed by atoms with E-state index in [1.54, 1.807) is 17.9 Å². The van der Waals surface area contributed by atoms with E-state index in [0.29, 0.717) is 18.0 Å². The standard InChI is InChI=1S/C13H19N3O2/c1-9-13(17)16(8-7-15(2)3)11-6-4-5-10(14)12(11)18-9/h4-6,9H,7-8,14H2,1-3H3. The van der Waals surface area contributed by atoms with Crippen molar-refractivity contribution in [3.63, 3.8) is 0 Å². The Morgan fingerprint density at radius 1 is 1.44 bits per heavy atom. The molecule has 1 amide bonds. The molecule has 5 heteroatoms. The topological polar surface area (TPSA) is 58.8 Å². The third-order valence-electron chi connectivity index (χ3n) is 2.99. The number of likely N-dealkylation sites (N-methyl/N-ethyl adjacent to an activating group) is 1. The van der Waals surface area contributed by atoms with Gasteiger partial charge < -0.3 is 20.3 Å². The highest BCUT2D eigenvalue weighted by Gasteiger charge is 2.32. The van der Waals surface area contributed by atoms with Gasteiger partial charge >= 0.3 is 0 Å². The number of carbonyl (C=O) groups is 1. The molecule has 5 nitrogen and oxygen atoms in total. The molecule has 0 radical (unpaired) electrons. The number of ether oxygens (including phenoxy) is 1. The second kappa shape index (κ2) is 4.86.